The topological polar surface area (TPSA) is 12.0 Å². The Hall–Kier alpha value is -0.820. The first-order chi connectivity index (χ1) is 9.69. The van der Waals surface area contributed by atoms with Gasteiger partial charge < -0.3 is 5.32 Å². The van der Waals surface area contributed by atoms with Crippen molar-refractivity contribution >= 4 is 0 Å². The van der Waals surface area contributed by atoms with Gasteiger partial charge in [-0.3, -0.25) is 0 Å². The predicted molar refractivity (Wildman–Crippen MR) is 95.0 cm³/mol. The Morgan fingerprint density at radius 1 is 1.00 bits per heavy atom. The van der Waals surface area contributed by atoms with Gasteiger partial charge in [0.25, 0.3) is 0 Å². The van der Waals surface area contributed by atoms with E-state index in [1.54, 1.807) is 0 Å². The van der Waals surface area contributed by atoms with Gasteiger partial charge in [0.2, 0.25) is 0 Å². The molecule has 1 atom stereocenters. The summed E-state index contributed by atoms with van der Waals surface area (Å²) in [6.07, 6.45) is 2.35. The van der Waals surface area contributed by atoms with Gasteiger partial charge in [-0.25, -0.2) is 0 Å². The highest BCUT2D eigenvalue weighted by Gasteiger charge is 2.28. The van der Waals surface area contributed by atoms with Crippen molar-refractivity contribution in [1.82, 2.24) is 5.32 Å². The van der Waals surface area contributed by atoms with E-state index in [0.29, 0.717) is 11.3 Å². The summed E-state index contributed by atoms with van der Waals surface area (Å²) >= 11 is 0. The normalized spacial score (nSPS) is 15.2. The van der Waals surface area contributed by atoms with Crippen LogP contribution in [0.25, 0.3) is 0 Å². The van der Waals surface area contributed by atoms with Crippen LogP contribution in [-0.2, 0) is 11.8 Å². The molecule has 1 nitrogen and oxygen atoms in total. The summed E-state index contributed by atoms with van der Waals surface area (Å²) in [5.74, 6) is 0.671. The Kier molecular flexibility index (Phi) is 6.46. The van der Waals surface area contributed by atoms with Crippen LogP contribution in [0.3, 0.4) is 0 Å². The largest absolute Gasteiger partial charge is 0.316 e. The molecule has 0 amide bonds. The van der Waals surface area contributed by atoms with Gasteiger partial charge in [0, 0.05) is 6.54 Å². The molecule has 0 heterocycles. The Balaban J connectivity index is 2.79. The van der Waals surface area contributed by atoms with Crippen LogP contribution in [0.1, 0.15) is 66.0 Å². The van der Waals surface area contributed by atoms with E-state index in [2.05, 4.69) is 78.0 Å². The lowest BCUT2D eigenvalue weighted by Crippen LogP contribution is -2.38. The van der Waals surface area contributed by atoms with Gasteiger partial charge in [0.05, 0.1) is 0 Å². The predicted octanol–water partition coefficient (Wildman–Crippen LogP) is 5.19. The van der Waals surface area contributed by atoms with Crippen molar-refractivity contribution in [3.05, 3.63) is 35.4 Å². The van der Waals surface area contributed by atoms with E-state index in [4.69, 9.17) is 0 Å². The molecular weight excluding hydrogens is 254 g/mol. The molecule has 1 N–H and O–H groups in total. The molecule has 0 aliphatic heterocycles. The number of benzene rings is 1. The number of rotatable bonds is 7. The molecule has 21 heavy (non-hydrogen) atoms. The summed E-state index contributed by atoms with van der Waals surface area (Å²) < 4.78 is 0. The molecule has 1 aromatic carbocycles. The molecule has 1 rings (SSSR count). The Morgan fingerprint density at radius 3 is 2.00 bits per heavy atom. The molecule has 0 aliphatic rings. The maximum atomic E-state index is 3.61. The third-order valence-electron chi connectivity index (χ3n) is 4.78. The molecule has 0 aromatic heterocycles. The van der Waals surface area contributed by atoms with Gasteiger partial charge >= 0.3 is 0 Å². The van der Waals surface area contributed by atoms with Crippen LogP contribution >= 0.6 is 0 Å². The molecule has 1 heteroatoms. The molecule has 1 aromatic rings. The van der Waals surface area contributed by atoms with E-state index in [-0.39, 0.29) is 5.41 Å². The van der Waals surface area contributed by atoms with Crippen molar-refractivity contribution in [2.75, 3.05) is 13.1 Å². The van der Waals surface area contributed by atoms with Crippen LogP contribution in [0.2, 0.25) is 0 Å². The molecule has 120 valence electrons. The van der Waals surface area contributed by atoms with Gasteiger partial charge in [-0.05, 0) is 47.3 Å². The first-order valence-corrected chi connectivity index (χ1v) is 8.49. The van der Waals surface area contributed by atoms with Crippen molar-refractivity contribution in [3.63, 3.8) is 0 Å². The third kappa shape index (κ3) is 5.47. The highest BCUT2D eigenvalue weighted by Crippen LogP contribution is 2.31. The average molecular weight is 290 g/mol. The number of hydrogen-bond donors (Lipinski definition) is 1. The van der Waals surface area contributed by atoms with Crippen molar-refractivity contribution < 1.29 is 0 Å². The van der Waals surface area contributed by atoms with E-state index in [9.17, 15) is 0 Å². The smallest absolute Gasteiger partial charge is 0.00108 e. The van der Waals surface area contributed by atoms with Crippen LogP contribution in [0.15, 0.2) is 24.3 Å². The summed E-state index contributed by atoms with van der Waals surface area (Å²) in [6.45, 7) is 18.4. The first kappa shape index (κ1) is 18.2. The SMILES string of the molecule is CCCNCC(C)(Cc1ccc(C(C)(C)C)cc1)C(C)C. The van der Waals surface area contributed by atoms with E-state index >= 15 is 0 Å². The molecule has 0 saturated heterocycles. The molecular formula is C20H35N. The minimum atomic E-state index is 0.239. The van der Waals surface area contributed by atoms with E-state index < -0.39 is 0 Å². The van der Waals surface area contributed by atoms with Crippen molar-refractivity contribution in [1.29, 1.82) is 0 Å². The summed E-state index contributed by atoms with van der Waals surface area (Å²) in [5.41, 5.74) is 3.43. The van der Waals surface area contributed by atoms with Gasteiger partial charge in [-0.1, -0.05) is 72.7 Å². The summed E-state index contributed by atoms with van der Waals surface area (Å²) in [7, 11) is 0. The van der Waals surface area contributed by atoms with E-state index in [0.717, 1.165) is 19.5 Å². The zero-order chi connectivity index (χ0) is 16.1. The Bertz CT molecular complexity index is 410. The fourth-order valence-electron chi connectivity index (χ4n) is 2.61. The van der Waals surface area contributed by atoms with E-state index in [1.165, 1.54) is 17.5 Å². The van der Waals surface area contributed by atoms with Crippen LogP contribution in [0.4, 0.5) is 0 Å². The zero-order valence-electron chi connectivity index (χ0n) is 15.2. The van der Waals surface area contributed by atoms with Crippen molar-refractivity contribution in [2.45, 2.75) is 66.7 Å². The summed E-state index contributed by atoms with van der Waals surface area (Å²) in [4.78, 5) is 0. The minimum Gasteiger partial charge on any atom is -0.316 e. The van der Waals surface area contributed by atoms with Crippen LogP contribution in [0, 0.1) is 11.3 Å². The molecule has 0 radical (unpaired) electrons. The molecule has 1 unspecified atom stereocenters. The van der Waals surface area contributed by atoms with E-state index in [1.807, 2.05) is 0 Å². The number of hydrogen-bond acceptors (Lipinski definition) is 1. The summed E-state index contributed by atoms with van der Waals surface area (Å²) in [6, 6.07) is 9.24. The lowest BCUT2D eigenvalue weighted by atomic mass is 9.74. The Labute approximate surface area is 132 Å². The maximum Gasteiger partial charge on any atom is 0.00108 e. The fraction of sp³-hybridized carbons (Fsp3) is 0.700. The number of nitrogens with one attached hydrogen (secondary N) is 1. The van der Waals surface area contributed by atoms with Crippen LogP contribution in [0.5, 0.6) is 0 Å². The molecule has 0 spiro atoms. The molecule has 0 fully saturated rings. The molecule has 0 aliphatic carbocycles. The highest BCUT2D eigenvalue weighted by molar-refractivity contribution is 5.28. The molecule has 0 saturated carbocycles. The molecule has 0 bridgehead atoms. The standard InChI is InChI=1S/C20H35N/c1-8-13-21-15-20(7,16(2)3)14-17-9-11-18(12-10-17)19(4,5)6/h9-12,16,21H,8,13-15H2,1-7H3. The zero-order valence-corrected chi connectivity index (χ0v) is 15.2. The highest BCUT2D eigenvalue weighted by atomic mass is 14.9. The second-order valence-corrected chi connectivity index (χ2v) is 8.11. The lowest BCUT2D eigenvalue weighted by Gasteiger charge is -2.34. The van der Waals surface area contributed by atoms with Gasteiger partial charge in [-0.2, -0.15) is 0 Å². The summed E-state index contributed by atoms with van der Waals surface area (Å²) in [5, 5.41) is 3.61. The van der Waals surface area contributed by atoms with Crippen molar-refractivity contribution in [2.24, 2.45) is 11.3 Å². The third-order valence-corrected chi connectivity index (χ3v) is 4.78. The second-order valence-electron chi connectivity index (χ2n) is 8.11. The van der Waals surface area contributed by atoms with Crippen LogP contribution in [-0.4, -0.2) is 13.1 Å². The quantitative estimate of drug-likeness (QED) is 0.681. The lowest BCUT2D eigenvalue weighted by molar-refractivity contribution is 0.207. The van der Waals surface area contributed by atoms with Gasteiger partial charge in [0.15, 0.2) is 0 Å². The minimum absolute atomic E-state index is 0.239. The average Bonchev–Trinajstić information content (AvgIpc) is 2.38. The van der Waals surface area contributed by atoms with Crippen LogP contribution < -0.4 is 5.32 Å². The second kappa shape index (κ2) is 7.45. The van der Waals surface area contributed by atoms with Gasteiger partial charge in [0.1, 0.15) is 0 Å². The Morgan fingerprint density at radius 2 is 1.57 bits per heavy atom. The monoisotopic (exact) mass is 289 g/mol. The first-order valence-electron chi connectivity index (χ1n) is 8.49. The van der Waals surface area contributed by atoms with Crippen molar-refractivity contribution in [3.8, 4) is 0 Å². The maximum absolute atomic E-state index is 3.61. The van der Waals surface area contributed by atoms with Gasteiger partial charge in [-0.15, -0.1) is 0 Å². The fourth-order valence-corrected chi connectivity index (χ4v) is 2.61.